The van der Waals surface area contributed by atoms with Gasteiger partial charge in [0.15, 0.2) is 0 Å². The van der Waals surface area contributed by atoms with Crippen molar-refractivity contribution in [3.05, 3.63) is 54.4 Å². The van der Waals surface area contributed by atoms with Gasteiger partial charge in [0, 0.05) is 45.0 Å². The van der Waals surface area contributed by atoms with Crippen LogP contribution < -0.4 is 9.47 Å². The second-order valence-electron chi connectivity index (χ2n) is 8.29. The molecule has 0 N–H and O–H groups in total. The molecule has 2 fully saturated rings. The lowest BCUT2D eigenvalue weighted by molar-refractivity contribution is -0.137. The molecule has 0 aliphatic carbocycles. The Morgan fingerprint density at radius 2 is 1.87 bits per heavy atom. The van der Waals surface area contributed by atoms with E-state index in [0.29, 0.717) is 32.0 Å². The van der Waals surface area contributed by atoms with Crippen LogP contribution in [-0.2, 0) is 16.1 Å². The predicted octanol–water partition coefficient (Wildman–Crippen LogP) is 2.76. The number of hydrogen-bond donors (Lipinski definition) is 0. The number of aromatic nitrogens is 1. The molecular formula is C24H29N3O4. The molecule has 1 aromatic carbocycles. The average molecular weight is 424 g/mol. The van der Waals surface area contributed by atoms with Gasteiger partial charge in [-0.05, 0) is 54.7 Å². The maximum Gasteiger partial charge on any atom is 0.227 e. The van der Waals surface area contributed by atoms with Crippen molar-refractivity contribution in [2.24, 2.45) is 11.8 Å². The lowest BCUT2D eigenvalue weighted by Gasteiger charge is -2.33. The van der Waals surface area contributed by atoms with E-state index in [0.717, 1.165) is 43.0 Å². The first-order valence-electron chi connectivity index (χ1n) is 10.8. The fourth-order valence-electron chi connectivity index (χ4n) is 4.27. The summed E-state index contributed by atoms with van der Waals surface area (Å²) >= 11 is 0. The number of carbonyl (C=O) groups excluding carboxylic acids is 2. The highest BCUT2D eigenvalue weighted by Gasteiger charge is 2.37. The monoisotopic (exact) mass is 423 g/mol. The van der Waals surface area contributed by atoms with Gasteiger partial charge in [-0.2, -0.15) is 0 Å². The standard InChI is InChI=1S/C24H29N3O4/c1-30-21-4-6-22(7-5-21)31-17-18-8-11-26(12-9-18)24(29)20-13-23(28)27(16-20)15-19-3-2-10-25-14-19/h2-7,10,14,18,20H,8-9,11-13,15-17H2,1H3. The van der Waals surface area contributed by atoms with Crippen LogP contribution in [0.2, 0.25) is 0 Å². The largest absolute Gasteiger partial charge is 0.497 e. The molecule has 2 aliphatic rings. The fourth-order valence-corrected chi connectivity index (χ4v) is 4.27. The highest BCUT2D eigenvalue weighted by atomic mass is 16.5. The van der Waals surface area contributed by atoms with Crippen LogP contribution in [0.3, 0.4) is 0 Å². The van der Waals surface area contributed by atoms with E-state index >= 15 is 0 Å². The predicted molar refractivity (Wildman–Crippen MR) is 116 cm³/mol. The molecule has 0 radical (unpaired) electrons. The molecule has 164 valence electrons. The smallest absolute Gasteiger partial charge is 0.227 e. The SMILES string of the molecule is COc1ccc(OCC2CCN(C(=O)C3CC(=O)N(Cc4cccnc4)C3)CC2)cc1. The van der Waals surface area contributed by atoms with Crippen LogP contribution in [0.4, 0.5) is 0 Å². The van der Waals surface area contributed by atoms with Gasteiger partial charge in [0.05, 0.1) is 19.6 Å². The Labute approximate surface area is 183 Å². The normalized spacial score (nSPS) is 19.5. The van der Waals surface area contributed by atoms with Crippen LogP contribution in [0.25, 0.3) is 0 Å². The number of likely N-dealkylation sites (tertiary alicyclic amines) is 2. The van der Waals surface area contributed by atoms with E-state index in [4.69, 9.17) is 9.47 Å². The summed E-state index contributed by atoms with van der Waals surface area (Å²) in [5.41, 5.74) is 0.988. The van der Waals surface area contributed by atoms with E-state index < -0.39 is 0 Å². The Morgan fingerprint density at radius 3 is 2.55 bits per heavy atom. The number of ether oxygens (including phenoxy) is 2. The molecule has 2 aliphatic heterocycles. The lowest BCUT2D eigenvalue weighted by Crippen LogP contribution is -2.43. The van der Waals surface area contributed by atoms with Crippen LogP contribution in [-0.4, -0.2) is 59.9 Å². The van der Waals surface area contributed by atoms with Crippen molar-refractivity contribution in [3.63, 3.8) is 0 Å². The summed E-state index contributed by atoms with van der Waals surface area (Å²) < 4.78 is 11.1. The Kier molecular flexibility index (Phi) is 6.70. The lowest BCUT2D eigenvalue weighted by atomic mass is 9.96. The second-order valence-corrected chi connectivity index (χ2v) is 8.29. The fraction of sp³-hybridized carbons (Fsp3) is 0.458. The van der Waals surface area contributed by atoms with Crippen molar-refractivity contribution < 1.29 is 19.1 Å². The van der Waals surface area contributed by atoms with Gasteiger partial charge in [-0.15, -0.1) is 0 Å². The van der Waals surface area contributed by atoms with E-state index in [9.17, 15) is 9.59 Å². The van der Waals surface area contributed by atoms with Crippen LogP contribution in [0.15, 0.2) is 48.8 Å². The summed E-state index contributed by atoms with van der Waals surface area (Å²) in [7, 11) is 1.64. The summed E-state index contributed by atoms with van der Waals surface area (Å²) in [5, 5.41) is 0. The molecule has 0 bridgehead atoms. The third-order valence-corrected chi connectivity index (χ3v) is 6.13. The third kappa shape index (κ3) is 5.34. The van der Waals surface area contributed by atoms with Crippen LogP contribution in [0, 0.1) is 11.8 Å². The first kappa shape index (κ1) is 21.2. The summed E-state index contributed by atoms with van der Waals surface area (Å²) in [4.78, 5) is 33.2. The molecule has 7 heteroatoms. The van der Waals surface area contributed by atoms with E-state index in [1.54, 1.807) is 24.4 Å². The molecule has 1 atom stereocenters. The van der Waals surface area contributed by atoms with Crippen molar-refractivity contribution in [1.82, 2.24) is 14.8 Å². The zero-order chi connectivity index (χ0) is 21.6. The van der Waals surface area contributed by atoms with Crippen LogP contribution in [0.1, 0.15) is 24.8 Å². The molecule has 1 unspecified atom stereocenters. The summed E-state index contributed by atoms with van der Waals surface area (Å²) in [6.45, 7) is 3.11. The number of methoxy groups -OCH3 is 1. The second kappa shape index (κ2) is 9.81. The molecule has 0 spiro atoms. The third-order valence-electron chi connectivity index (χ3n) is 6.13. The van der Waals surface area contributed by atoms with E-state index in [1.165, 1.54) is 0 Å². The molecule has 4 rings (SSSR count). The molecule has 2 amide bonds. The molecule has 2 saturated heterocycles. The summed E-state index contributed by atoms with van der Waals surface area (Å²) in [5.74, 6) is 1.98. The van der Waals surface area contributed by atoms with Crippen molar-refractivity contribution in [2.75, 3.05) is 33.4 Å². The van der Waals surface area contributed by atoms with Crippen molar-refractivity contribution in [3.8, 4) is 11.5 Å². The Hall–Kier alpha value is -3.09. The van der Waals surface area contributed by atoms with Gasteiger partial charge < -0.3 is 19.3 Å². The van der Waals surface area contributed by atoms with Gasteiger partial charge in [-0.1, -0.05) is 6.07 Å². The van der Waals surface area contributed by atoms with E-state index in [-0.39, 0.29) is 17.7 Å². The number of pyridine rings is 1. The van der Waals surface area contributed by atoms with Gasteiger partial charge >= 0.3 is 0 Å². The summed E-state index contributed by atoms with van der Waals surface area (Å²) in [6, 6.07) is 11.4. The topological polar surface area (TPSA) is 72.0 Å². The molecule has 31 heavy (non-hydrogen) atoms. The number of amides is 2. The van der Waals surface area contributed by atoms with Gasteiger partial charge in [-0.3, -0.25) is 14.6 Å². The first-order chi connectivity index (χ1) is 15.1. The highest BCUT2D eigenvalue weighted by molar-refractivity contribution is 5.89. The number of nitrogens with zero attached hydrogens (tertiary/aromatic N) is 3. The maximum absolute atomic E-state index is 13.0. The number of piperidine rings is 1. The first-order valence-corrected chi connectivity index (χ1v) is 10.8. The molecule has 3 heterocycles. The minimum Gasteiger partial charge on any atom is -0.497 e. The Morgan fingerprint density at radius 1 is 1.13 bits per heavy atom. The molecule has 7 nitrogen and oxygen atoms in total. The Balaban J connectivity index is 1.22. The van der Waals surface area contributed by atoms with E-state index in [1.807, 2.05) is 41.3 Å². The van der Waals surface area contributed by atoms with Crippen LogP contribution in [0.5, 0.6) is 11.5 Å². The quantitative estimate of drug-likeness (QED) is 0.685. The average Bonchev–Trinajstić information content (AvgIpc) is 3.18. The minimum atomic E-state index is -0.240. The number of carbonyl (C=O) groups is 2. The number of rotatable bonds is 7. The Bertz CT molecular complexity index is 879. The zero-order valence-electron chi connectivity index (χ0n) is 17.9. The number of hydrogen-bond acceptors (Lipinski definition) is 5. The van der Waals surface area contributed by atoms with Crippen molar-refractivity contribution >= 4 is 11.8 Å². The van der Waals surface area contributed by atoms with Gasteiger partial charge in [-0.25, -0.2) is 0 Å². The molecule has 0 saturated carbocycles. The van der Waals surface area contributed by atoms with Gasteiger partial charge in [0.1, 0.15) is 11.5 Å². The number of benzene rings is 1. The minimum absolute atomic E-state index is 0.0463. The molecule has 2 aromatic rings. The van der Waals surface area contributed by atoms with Gasteiger partial charge in [0.25, 0.3) is 0 Å². The van der Waals surface area contributed by atoms with Crippen molar-refractivity contribution in [2.45, 2.75) is 25.8 Å². The van der Waals surface area contributed by atoms with Crippen molar-refractivity contribution in [1.29, 1.82) is 0 Å². The molecular weight excluding hydrogens is 394 g/mol. The van der Waals surface area contributed by atoms with Crippen LogP contribution >= 0.6 is 0 Å². The van der Waals surface area contributed by atoms with E-state index in [2.05, 4.69) is 4.98 Å². The maximum atomic E-state index is 13.0. The zero-order valence-corrected chi connectivity index (χ0v) is 17.9. The highest BCUT2D eigenvalue weighted by Crippen LogP contribution is 2.26. The summed E-state index contributed by atoms with van der Waals surface area (Å²) in [6.07, 6.45) is 5.62. The molecule has 1 aromatic heterocycles. The van der Waals surface area contributed by atoms with Gasteiger partial charge in [0.2, 0.25) is 11.8 Å².